The van der Waals surface area contributed by atoms with E-state index in [0.29, 0.717) is 6.54 Å². The highest BCUT2D eigenvalue weighted by molar-refractivity contribution is 5.85. The van der Waals surface area contributed by atoms with Gasteiger partial charge in [0.15, 0.2) is 0 Å². The molecule has 0 amide bonds. The number of fused-ring (bicyclic) bond motifs is 1. The van der Waals surface area contributed by atoms with Crippen molar-refractivity contribution in [2.75, 3.05) is 0 Å². The number of pyridine rings is 2. The predicted octanol–water partition coefficient (Wildman–Crippen LogP) is 3.19. The number of benzene rings is 1. The molecule has 0 unspecified atom stereocenters. The summed E-state index contributed by atoms with van der Waals surface area (Å²) in [7, 11) is 0. The van der Waals surface area contributed by atoms with Crippen LogP contribution in [0, 0.1) is 6.92 Å². The molecule has 0 aliphatic rings. The van der Waals surface area contributed by atoms with Gasteiger partial charge in [-0.15, -0.1) is 0 Å². The lowest BCUT2D eigenvalue weighted by atomic mass is 10.2. The zero-order chi connectivity index (χ0) is 13.9. The van der Waals surface area contributed by atoms with E-state index < -0.39 is 0 Å². The van der Waals surface area contributed by atoms with Gasteiger partial charge in [0.05, 0.1) is 16.9 Å². The van der Waals surface area contributed by atoms with Crippen LogP contribution in [-0.2, 0) is 6.54 Å². The molecule has 2 N–H and O–H groups in total. The third kappa shape index (κ3) is 2.33. The topological polar surface area (TPSA) is 61.0 Å². The Kier molecular flexibility index (Phi) is 3.31. The van der Waals surface area contributed by atoms with Gasteiger partial charge in [0.25, 0.3) is 0 Å². The fraction of sp³-hybridized carbons (Fsp3) is 0.125. The van der Waals surface area contributed by atoms with Crippen molar-refractivity contribution >= 4 is 10.9 Å². The van der Waals surface area contributed by atoms with Crippen LogP contribution < -0.4 is 10.5 Å². The Labute approximate surface area is 117 Å². The minimum absolute atomic E-state index is 0.382. The van der Waals surface area contributed by atoms with Gasteiger partial charge in [-0.25, -0.2) is 0 Å². The zero-order valence-corrected chi connectivity index (χ0v) is 11.2. The lowest BCUT2D eigenvalue weighted by Gasteiger charge is -2.11. The summed E-state index contributed by atoms with van der Waals surface area (Å²) in [5, 5.41) is 0.966. The summed E-state index contributed by atoms with van der Waals surface area (Å²) in [6.45, 7) is 2.30. The molecule has 3 aromatic rings. The fourth-order valence-electron chi connectivity index (χ4n) is 2.08. The molecule has 0 radical (unpaired) electrons. The quantitative estimate of drug-likeness (QED) is 0.790. The third-order valence-electron chi connectivity index (χ3n) is 3.12. The number of hydrogen-bond donors (Lipinski definition) is 1. The molecule has 0 bridgehead atoms. The van der Waals surface area contributed by atoms with Crippen molar-refractivity contribution in [3.05, 3.63) is 60.0 Å². The van der Waals surface area contributed by atoms with Crippen LogP contribution in [0.25, 0.3) is 10.9 Å². The largest absolute Gasteiger partial charge is 0.455 e. The summed E-state index contributed by atoms with van der Waals surface area (Å²) < 4.78 is 6.01. The Hall–Kier alpha value is -2.46. The minimum Gasteiger partial charge on any atom is -0.455 e. The van der Waals surface area contributed by atoms with E-state index in [9.17, 15) is 0 Å². The molecular formula is C16H15N3O. The van der Waals surface area contributed by atoms with Crippen molar-refractivity contribution in [3.8, 4) is 11.5 Å². The smallest absolute Gasteiger partial charge is 0.148 e. The molecule has 2 heterocycles. The van der Waals surface area contributed by atoms with Gasteiger partial charge in [0, 0.05) is 24.2 Å². The molecule has 3 rings (SSSR count). The van der Waals surface area contributed by atoms with Crippen molar-refractivity contribution in [3.63, 3.8) is 0 Å². The number of hydrogen-bond acceptors (Lipinski definition) is 4. The van der Waals surface area contributed by atoms with E-state index in [1.807, 2.05) is 49.4 Å². The molecule has 4 nitrogen and oxygen atoms in total. The van der Waals surface area contributed by atoms with Crippen LogP contribution in [0.3, 0.4) is 0 Å². The Morgan fingerprint density at radius 3 is 2.75 bits per heavy atom. The fourth-order valence-corrected chi connectivity index (χ4v) is 2.08. The summed E-state index contributed by atoms with van der Waals surface area (Å²) in [6.07, 6.45) is 1.75. The monoisotopic (exact) mass is 265 g/mol. The molecule has 20 heavy (non-hydrogen) atoms. The molecule has 4 heteroatoms. The Morgan fingerprint density at radius 2 is 1.95 bits per heavy atom. The molecule has 0 aliphatic carbocycles. The molecule has 100 valence electrons. The molecule has 0 spiro atoms. The molecule has 2 aromatic heterocycles. The summed E-state index contributed by atoms with van der Waals surface area (Å²) >= 11 is 0. The molecule has 0 saturated carbocycles. The maximum Gasteiger partial charge on any atom is 0.148 e. The van der Waals surface area contributed by atoms with Gasteiger partial charge >= 0.3 is 0 Å². The second-order valence-corrected chi connectivity index (χ2v) is 4.52. The maximum atomic E-state index is 6.01. The second-order valence-electron chi connectivity index (χ2n) is 4.52. The van der Waals surface area contributed by atoms with Crippen LogP contribution in [0.1, 0.15) is 11.4 Å². The van der Waals surface area contributed by atoms with E-state index in [2.05, 4.69) is 9.97 Å². The molecule has 0 saturated heterocycles. The average Bonchev–Trinajstić information content (AvgIpc) is 2.49. The Bertz CT molecular complexity index is 756. The first-order valence-electron chi connectivity index (χ1n) is 6.46. The first-order valence-corrected chi connectivity index (χ1v) is 6.46. The summed E-state index contributed by atoms with van der Waals surface area (Å²) in [5.74, 6) is 1.50. The normalized spacial score (nSPS) is 10.7. The second kappa shape index (κ2) is 5.27. The molecule has 1 aromatic carbocycles. The van der Waals surface area contributed by atoms with Crippen molar-refractivity contribution in [1.29, 1.82) is 0 Å². The number of ether oxygens (including phenoxy) is 1. The van der Waals surface area contributed by atoms with E-state index in [0.717, 1.165) is 33.8 Å². The molecular weight excluding hydrogens is 250 g/mol. The summed E-state index contributed by atoms with van der Waals surface area (Å²) in [4.78, 5) is 8.73. The Morgan fingerprint density at radius 1 is 1.10 bits per heavy atom. The van der Waals surface area contributed by atoms with E-state index in [4.69, 9.17) is 10.5 Å². The minimum atomic E-state index is 0.382. The number of rotatable bonds is 3. The number of aryl methyl sites for hydroxylation is 1. The van der Waals surface area contributed by atoms with Gasteiger partial charge in [-0.3, -0.25) is 9.97 Å². The van der Waals surface area contributed by atoms with Crippen LogP contribution in [0.4, 0.5) is 0 Å². The molecule has 0 aliphatic heterocycles. The van der Waals surface area contributed by atoms with Crippen molar-refractivity contribution in [1.82, 2.24) is 9.97 Å². The number of aromatic nitrogens is 2. The van der Waals surface area contributed by atoms with E-state index in [1.54, 1.807) is 6.20 Å². The van der Waals surface area contributed by atoms with E-state index in [1.165, 1.54) is 0 Å². The number of nitrogens with zero attached hydrogens (tertiary/aromatic N) is 2. The first-order chi connectivity index (χ1) is 9.78. The van der Waals surface area contributed by atoms with E-state index >= 15 is 0 Å². The van der Waals surface area contributed by atoms with Gasteiger partial charge in [0.2, 0.25) is 0 Å². The SMILES string of the molecule is Cc1ncccc1Oc1cc(CN)nc2ccccc12. The predicted molar refractivity (Wildman–Crippen MR) is 78.7 cm³/mol. The average molecular weight is 265 g/mol. The summed E-state index contributed by atoms with van der Waals surface area (Å²) in [6, 6.07) is 13.5. The standard InChI is InChI=1S/C16H15N3O/c1-11-15(7-4-8-18-11)20-16-9-12(10-17)19-14-6-3-2-5-13(14)16/h2-9H,10,17H2,1H3. The van der Waals surface area contributed by atoms with Crippen LogP contribution in [0.15, 0.2) is 48.7 Å². The number of para-hydroxylation sites is 1. The lowest BCUT2D eigenvalue weighted by molar-refractivity contribution is 0.480. The van der Waals surface area contributed by atoms with Crippen LogP contribution in [0.2, 0.25) is 0 Å². The molecule has 0 fully saturated rings. The van der Waals surface area contributed by atoms with Crippen molar-refractivity contribution in [2.45, 2.75) is 13.5 Å². The Balaban J connectivity index is 2.13. The van der Waals surface area contributed by atoms with Crippen molar-refractivity contribution in [2.24, 2.45) is 5.73 Å². The highest BCUT2D eigenvalue weighted by Crippen LogP contribution is 2.30. The van der Waals surface area contributed by atoms with Gasteiger partial charge in [-0.1, -0.05) is 12.1 Å². The summed E-state index contributed by atoms with van der Waals surface area (Å²) in [5.41, 5.74) is 8.24. The third-order valence-corrected chi connectivity index (χ3v) is 3.12. The van der Waals surface area contributed by atoms with E-state index in [-0.39, 0.29) is 0 Å². The van der Waals surface area contributed by atoms with Gasteiger partial charge in [0.1, 0.15) is 11.5 Å². The molecule has 0 atom stereocenters. The van der Waals surface area contributed by atoms with Gasteiger partial charge < -0.3 is 10.5 Å². The van der Waals surface area contributed by atoms with Crippen LogP contribution in [-0.4, -0.2) is 9.97 Å². The van der Waals surface area contributed by atoms with Crippen LogP contribution in [0.5, 0.6) is 11.5 Å². The number of nitrogens with two attached hydrogens (primary N) is 1. The highest BCUT2D eigenvalue weighted by Gasteiger charge is 2.08. The lowest BCUT2D eigenvalue weighted by Crippen LogP contribution is -2.01. The zero-order valence-electron chi connectivity index (χ0n) is 11.2. The van der Waals surface area contributed by atoms with Gasteiger partial charge in [-0.2, -0.15) is 0 Å². The highest BCUT2D eigenvalue weighted by atomic mass is 16.5. The first kappa shape index (κ1) is 12.6. The van der Waals surface area contributed by atoms with Crippen molar-refractivity contribution < 1.29 is 4.74 Å². The maximum absolute atomic E-state index is 6.01. The van der Waals surface area contributed by atoms with Gasteiger partial charge in [-0.05, 0) is 31.2 Å². The van der Waals surface area contributed by atoms with Crippen LogP contribution >= 0.6 is 0 Å².